The van der Waals surface area contributed by atoms with Crippen LogP contribution in [0.4, 0.5) is 11.4 Å². The van der Waals surface area contributed by atoms with Crippen molar-refractivity contribution >= 4 is 27.3 Å². The van der Waals surface area contributed by atoms with Gasteiger partial charge in [-0.1, -0.05) is 20.8 Å². The normalized spacial score (nSPS) is 11.6. The number of amides is 1. The molecule has 32 heavy (non-hydrogen) atoms. The Morgan fingerprint density at radius 3 is 2.06 bits per heavy atom. The summed E-state index contributed by atoms with van der Waals surface area (Å²) in [7, 11) is -3.77. The van der Waals surface area contributed by atoms with E-state index in [2.05, 4.69) is 20.0 Å². The standard InChI is InChI=1S/C23H26N4O4S/c1-5-31-19-10-12-20(13-11-19)32(29,30)27-17-8-6-16(7-9-17)21(28)26-18-14-24-22(25-15-18)23(2,3)4/h6-15,27H,5H2,1-4H3,(H,26,28). The fraction of sp³-hybridized carbons (Fsp3) is 0.261. The van der Waals surface area contributed by atoms with Crippen LogP contribution in [-0.2, 0) is 15.4 Å². The lowest BCUT2D eigenvalue weighted by molar-refractivity contribution is 0.102. The molecule has 0 spiro atoms. The molecule has 2 N–H and O–H groups in total. The average Bonchev–Trinajstić information content (AvgIpc) is 2.74. The van der Waals surface area contributed by atoms with Gasteiger partial charge in [0.25, 0.3) is 15.9 Å². The van der Waals surface area contributed by atoms with E-state index in [1.807, 2.05) is 27.7 Å². The van der Waals surface area contributed by atoms with E-state index in [0.717, 1.165) is 0 Å². The molecule has 0 radical (unpaired) electrons. The molecule has 0 aliphatic rings. The highest BCUT2D eigenvalue weighted by Gasteiger charge is 2.17. The predicted octanol–water partition coefficient (Wildman–Crippen LogP) is 4.23. The molecular weight excluding hydrogens is 428 g/mol. The van der Waals surface area contributed by atoms with Crippen molar-refractivity contribution < 1.29 is 17.9 Å². The minimum absolute atomic E-state index is 0.112. The summed E-state index contributed by atoms with van der Waals surface area (Å²) in [6.07, 6.45) is 3.12. The fourth-order valence-electron chi connectivity index (χ4n) is 2.77. The van der Waals surface area contributed by atoms with Crippen LogP contribution < -0.4 is 14.8 Å². The van der Waals surface area contributed by atoms with Gasteiger partial charge in [-0.05, 0) is 55.5 Å². The largest absolute Gasteiger partial charge is 0.494 e. The van der Waals surface area contributed by atoms with Gasteiger partial charge in [0, 0.05) is 16.7 Å². The number of nitrogens with one attached hydrogen (secondary N) is 2. The van der Waals surface area contributed by atoms with Crippen molar-refractivity contribution in [2.24, 2.45) is 0 Å². The zero-order valence-corrected chi connectivity index (χ0v) is 19.2. The van der Waals surface area contributed by atoms with Crippen molar-refractivity contribution in [2.45, 2.75) is 38.0 Å². The van der Waals surface area contributed by atoms with Crippen LogP contribution in [0.2, 0.25) is 0 Å². The Labute approximate surface area is 188 Å². The molecule has 8 nitrogen and oxygen atoms in total. The van der Waals surface area contributed by atoms with E-state index in [1.54, 1.807) is 24.5 Å². The second kappa shape index (κ2) is 9.35. The van der Waals surface area contributed by atoms with Crippen molar-refractivity contribution in [2.75, 3.05) is 16.6 Å². The number of aromatic nitrogens is 2. The maximum Gasteiger partial charge on any atom is 0.261 e. The van der Waals surface area contributed by atoms with Crippen LogP contribution in [0.5, 0.6) is 5.75 Å². The molecule has 2 aromatic carbocycles. The zero-order valence-electron chi connectivity index (χ0n) is 18.4. The summed E-state index contributed by atoms with van der Waals surface area (Å²) in [4.78, 5) is 21.2. The molecule has 0 bridgehead atoms. The van der Waals surface area contributed by atoms with Gasteiger partial charge in [0.15, 0.2) is 0 Å². The lowest BCUT2D eigenvalue weighted by Gasteiger charge is -2.16. The molecule has 1 amide bonds. The molecule has 0 saturated heterocycles. The molecule has 3 rings (SSSR count). The van der Waals surface area contributed by atoms with E-state index >= 15 is 0 Å². The van der Waals surface area contributed by atoms with Crippen molar-refractivity contribution in [3.05, 3.63) is 72.3 Å². The van der Waals surface area contributed by atoms with E-state index in [4.69, 9.17) is 4.74 Å². The van der Waals surface area contributed by atoms with Gasteiger partial charge in [0.05, 0.1) is 29.6 Å². The maximum absolute atomic E-state index is 12.6. The second-order valence-corrected chi connectivity index (χ2v) is 9.77. The number of hydrogen-bond acceptors (Lipinski definition) is 6. The summed E-state index contributed by atoms with van der Waals surface area (Å²) in [5.74, 6) is 0.929. The lowest BCUT2D eigenvalue weighted by atomic mass is 9.96. The van der Waals surface area contributed by atoms with Gasteiger partial charge in [-0.3, -0.25) is 9.52 Å². The Balaban J connectivity index is 1.65. The SMILES string of the molecule is CCOc1ccc(S(=O)(=O)Nc2ccc(C(=O)Nc3cnc(C(C)(C)C)nc3)cc2)cc1. The van der Waals surface area contributed by atoms with Gasteiger partial charge in [0.1, 0.15) is 11.6 Å². The summed E-state index contributed by atoms with van der Waals surface area (Å²) < 4.78 is 33.0. The van der Waals surface area contributed by atoms with E-state index < -0.39 is 10.0 Å². The number of carbonyl (C=O) groups is 1. The molecule has 9 heteroatoms. The molecule has 1 heterocycles. The molecular formula is C23H26N4O4S. The van der Waals surface area contributed by atoms with Crippen LogP contribution in [0.15, 0.2) is 65.8 Å². The summed E-state index contributed by atoms with van der Waals surface area (Å²) in [5.41, 5.74) is 1.00. The highest BCUT2D eigenvalue weighted by atomic mass is 32.2. The van der Waals surface area contributed by atoms with Crippen molar-refractivity contribution in [1.29, 1.82) is 0 Å². The molecule has 0 saturated carbocycles. The first-order valence-electron chi connectivity index (χ1n) is 10.1. The molecule has 3 aromatic rings. The monoisotopic (exact) mass is 454 g/mol. The fourth-order valence-corrected chi connectivity index (χ4v) is 3.83. The number of carbonyl (C=O) groups excluding carboxylic acids is 1. The maximum atomic E-state index is 12.6. The van der Waals surface area contributed by atoms with Gasteiger partial charge < -0.3 is 10.1 Å². The molecule has 0 aliphatic heterocycles. The topological polar surface area (TPSA) is 110 Å². The van der Waals surface area contributed by atoms with Gasteiger partial charge in [-0.2, -0.15) is 0 Å². The third-order valence-corrected chi connectivity index (χ3v) is 5.82. The molecule has 0 aliphatic carbocycles. The minimum Gasteiger partial charge on any atom is -0.494 e. The first kappa shape index (κ1) is 23.2. The Morgan fingerprint density at radius 1 is 0.938 bits per heavy atom. The number of hydrogen-bond donors (Lipinski definition) is 2. The van der Waals surface area contributed by atoms with Gasteiger partial charge in [0.2, 0.25) is 0 Å². The van der Waals surface area contributed by atoms with Gasteiger partial charge in [-0.15, -0.1) is 0 Å². The third kappa shape index (κ3) is 5.82. The third-order valence-electron chi connectivity index (χ3n) is 4.42. The minimum atomic E-state index is -3.77. The molecule has 1 aromatic heterocycles. The van der Waals surface area contributed by atoms with Crippen molar-refractivity contribution in [3.8, 4) is 5.75 Å². The number of sulfonamides is 1. The Hall–Kier alpha value is -3.46. The highest BCUT2D eigenvalue weighted by molar-refractivity contribution is 7.92. The number of benzene rings is 2. The predicted molar refractivity (Wildman–Crippen MR) is 124 cm³/mol. The summed E-state index contributed by atoms with van der Waals surface area (Å²) >= 11 is 0. The zero-order chi connectivity index (χ0) is 23.4. The van der Waals surface area contributed by atoms with Gasteiger partial charge in [-0.25, -0.2) is 18.4 Å². The number of ether oxygens (including phenoxy) is 1. The first-order chi connectivity index (χ1) is 15.1. The van der Waals surface area contributed by atoms with E-state index in [-0.39, 0.29) is 16.2 Å². The molecule has 0 atom stereocenters. The van der Waals surface area contributed by atoms with Crippen LogP contribution in [0.3, 0.4) is 0 Å². The quantitative estimate of drug-likeness (QED) is 0.553. The smallest absolute Gasteiger partial charge is 0.261 e. The molecule has 168 valence electrons. The number of anilines is 2. The van der Waals surface area contributed by atoms with Crippen LogP contribution in [0.25, 0.3) is 0 Å². The summed E-state index contributed by atoms with van der Waals surface area (Å²) in [6, 6.07) is 12.3. The molecule has 0 fully saturated rings. The molecule has 0 unspecified atom stereocenters. The van der Waals surface area contributed by atoms with Crippen molar-refractivity contribution in [3.63, 3.8) is 0 Å². The van der Waals surface area contributed by atoms with Crippen LogP contribution in [0, 0.1) is 0 Å². The lowest BCUT2D eigenvalue weighted by Crippen LogP contribution is -2.17. The summed E-state index contributed by atoms with van der Waals surface area (Å²) in [6.45, 7) is 8.37. The average molecular weight is 455 g/mol. The van der Waals surface area contributed by atoms with Crippen LogP contribution in [-0.4, -0.2) is 30.9 Å². The van der Waals surface area contributed by atoms with E-state index in [9.17, 15) is 13.2 Å². The number of rotatable bonds is 7. The van der Waals surface area contributed by atoms with Gasteiger partial charge >= 0.3 is 0 Å². The van der Waals surface area contributed by atoms with E-state index in [0.29, 0.717) is 35.1 Å². The Kier molecular flexibility index (Phi) is 6.78. The van der Waals surface area contributed by atoms with Crippen LogP contribution >= 0.6 is 0 Å². The Bertz CT molecular complexity index is 1170. The Morgan fingerprint density at radius 2 is 1.53 bits per heavy atom. The van der Waals surface area contributed by atoms with Crippen LogP contribution in [0.1, 0.15) is 43.9 Å². The number of nitrogens with zero attached hydrogens (tertiary/aromatic N) is 2. The highest BCUT2D eigenvalue weighted by Crippen LogP contribution is 2.21. The van der Waals surface area contributed by atoms with E-state index in [1.165, 1.54) is 36.4 Å². The second-order valence-electron chi connectivity index (χ2n) is 8.09. The first-order valence-corrected chi connectivity index (χ1v) is 11.6. The summed E-state index contributed by atoms with van der Waals surface area (Å²) in [5, 5.41) is 2.73. The van der Waals surface area contributed by atoms with Crippen molar-refractivity contribution in [1.82, 2.24) is 9.97 Å².